The third kappa shape index (κ3) is 4.47. The highest BCUT2D eigenvalue weighted by Gasteiger charge is 2.13. The van der Waals surface area contributed by atoms with E-state index in [1.807, 2.05) is 55.6 Å². The highest BCUT2D eigenvalue weighted by Crippen LogP contribution is 2.39. The number of methoxy groups -OCH3 is 2. The molecule has 0 aliphatic carbocycles. The van der Waals surface area contributed by atoms with Crippen LogP contribution in [0.4, 0.5) is 5.82 Å². The first kappa shape index (κ1) is 20.4. The summed E-state index contributed by atoms with van der Waals surface area (Å²) in [5.41, 5.74) is 1.76. The number of rotatable bonds is 7. The van der Waals surface area contributed by atoms with Gasteiger partial charge in [-0.25, -0.2) is 9.97 Å². The molecule has 0 saturated heterocycles. The van der Waals surface area contributed by atoms with Gasteiger partial charge in [0.1, 0.15) is 28.4 Å². The fourth-order valence-electron chi connectivity index (χ4n) is 2.88. The molecule has 1 N–H and O–H groups in total. The Morgan fingerprint density at radius 2 is 1.20 bits per heavy atom. The van der Waals surface area contributed by atoms with E-state index in [9.17, 15) is 0 Å². The Morgan fingerprint density at radius 3 is 1.67 bits per heavy atom. The molecule has 0 amide bonds. The number of anilines is 1. The summed E-state index contributed by atoms with van der Waals surface area (Å²) in [6.07, 6.45) is 1.77. The molecule has 5 nitrogen and oxygen atoms in total. The van der Waals surface area contributed by atoms with Gasteiger partial charge in [0.25, 0.3) is 0 Å². The number of hydrogen-bond donors (Lipinski definition) is 1. The lowest BCUT2D eigenvalue weighted by Crippen LogP contribution is -1.96. The zero-order valence-corrected chi connectivity index (χ0v) is 18.5. The Kier molecular flexibility index (Phi) is 6.30. The van der Waals surface area contributed by atoms with E-state index >= 15 is 0 Å². The maximum absolute atomic E-state index is 5.26. The molecule has 30 heavy (non-hydrogen) atoms. The van der Waals surface area contributed by atoms with Gasteiger partial charge in [-0.3, -0.25) is 0 Å². The van der Waals surface area contributed by atoms with E-state index in [2.05, 4.69) is 17.4 Å². The lowest BCUT2D eigenvalue weighted by molar-refractivity contribution is 0.414. The van der Waals surface area contributed by atoms with Crippen LogP contribution in [0.5, 0.6) is 11.5 Å². The van der Waals surface area contributed by atoms with E-state index in [4.69, 9.17) is 19.4 Å². The Hall–Kier alpha value is -2.90. The van der Waals surface area contributed by atoms with Gasteiger partial charge in [0.05, 0.1) is 20.4 Å². The molecule has 152 valence electrons. The van der Waals surface area contributed by atoms with Crippen molar-refractivity contribution in [2.45, 2.75) is 19.6 Å². The fraction of sp³-hybridized carbons (Fsp3) is 0.130. The third-order valence-electron chi connectivity index (χ3n) is 4.46. The normalized spacial score (nSPS) is 10.8. The zero-order valence-electron chi connectivity index (χ0n) is 16.9. The molecule has 0 aliphatic rings. The Balaban J connectivity index is 1.71. The van der Waals surface area contributed by atoms with Gasteiger partial charge in [-0.2, -0.15) is 0 Å². The summed E-state index contributed by atoms with van der Waals surface area (Å²) in [5.74, 6) is 2.42. The van der Waals surface area contributed by atoms with E-state index in [0.717, 1.165) is 47.9 Å². The number of benzene rings is 3. The van der Waals surface area contributed by atoms with E-state index < -0.39 is 0 Å². The van der Waals surface area contributed by atoms with Crippen molar-refractivity contribution in [1.29, 1.82) is 0 Å². The summed E-state index contributed by atoms with van der Waals surface area (Å²) in [6.45, 7) is 0. The SMILES string of the molecule is CNc1cnc2c(Sc3ccc(OC)cc3)ccc(Sc3ccc(OC)cc3)c2n1. The number of nitrogens with one attached hydrogen (secondary N) is 1. The van der Waals surface area contributed by atoms with Crippen molar-refractivity contribution in [3.63, 3.8) is 0 Å². The summed E-state index contributed by atoms with van der Waals surface area (Å²) in [7, 11) is 5.19. The van der Waals surface area contributed by atoms with Crippen LogP contribution in [0.1, 0.15) is 0 Å². The molecule has 4 aromatic rings. The molecule has 1 heterocycles. The van der Waals surface area contributed by atoms with Gasteiger partial charge in [0, 0.05) is 26.6 Å². The fourth-order valence-corrected chi connectivity index (χ4v) is 4.69. The highest BCUT2D eigenvalue weighted by atomic mass is 32.2. The van der Waals surface area contributed by atoms with Crippen LogP contribution >= 0.6 is 23.5 Å². The molecule has 0 bridgehead atoms. The van der Waals surface area contributed by atoms with Crippen molar-refractivity contribution < 1.29 is 9.47 Å². The molecular formula is C23H21N3O2S2. The minimum absolute atomic E-state index is 0.741. The molecular weight excluding hydrogens is 414 g/mol. The van der Waals surface area contributed by atoms with E-state index in [1.54, 1.807) is 43.9 Å². The lowest BCUT2D eigenvalue weighted by atomic mass is 10.3. The first-order valence-corrected chi connectivity index (χ1v) is 10.9. The second-order valence-corrected chi connectivity index (χ2v) is 8.55. The molecule has 0 radical (unpaired) electrons. The van der Waals surface area contributed by atoms with Crippen LogP contribution in [0.3, 0.4) is 0 Å². The minimum Gasteiger partial charge on any atom is -0.497 e. The minimum atomic E-state index is 0.741. The molecule has 0 saturated carbocycles. The second kappa shape index (κ2) is 9.28. The van der Waals surface area contributed by atoms with Gasteiger partial charge in [0.2, 0.25) is 0 Å². The molecule has 1 aromatic heterocycles. The summed E-state index contributed by atoms with van der Waals surface area (Å²) in [4.78, 5) is 13.9. The Morgan fingerprint density at radius 1 is 0.700 bits per heavy atom. The van der Waals surface area contributed by atoms with Gasteiger partial charge in [0.15, 0.2) is 0 Å². The van der Waals surface area contributed by atoms with Crippen LogP contribution in [0.15, 0.2) is 86.4 Å². The zero-order chi connectivity index (χ0) is 20.9. The Bertz CT molecular complexity index is 1150. The number of ether oxygens (including phenoxy) is 2. The average Bonchev–Trinajstić information content (AvgIpc) is 2.81. The number of nitrogens with zero attached hydrogens (tertiary/aromatic N) is 2. The van der Waals surface area contributed by atoms with E-state index in [1.165, 1.54) is 0 Å². The summed E-state index contributed by atoms with van der Waals surface area (Å²) >= 11 is 3.33. The van der Waals surface area contributed by atoms with Crippen LogP contribution in [0.2, 0.25) is 0 Å². The molecule has 3 aromatic carbocycles. The number of hydrogen-bond acceptors (Lipinski definition) is 7. The van der Waals surface area contributed by atoms with Crippen LogP contribution in [-0.2, 0) is 0 Å². The number of fused-ring (bicyclic) bond motifs is 1. The molecule has 0 unspecified atom stereocenters. The van der Waals surface area contributed by atoms with Crippen LogP contribution < -0.4 is 14.8 Å². The van der Waals surface area contributed by atoms with Crippen LogP contribution in [0.25, 0.3) is 11.0 Å². The monoisotopic (exact) mass is 435 g/mol. The maximum Gasteiger partial charge on any atom is 0.145 e. The third-order valence-corrected chi connectivity index (χ3v) is 6.57. The van der Waals surface area contributed by atoms with E-state index in [-0.39, 0.29) is 0 Å². The van der Waals surface area contributed by atoms with Crippen molar-refractivity contribution in [2.24, 2.45) is 0 Å². The summed E-state index contributed by atoms with van der Waals surface area (Å²) < 4.78 is 10.5. The van der Waals surface area contributed by atoms with Crippen LogP contribution in [-0.4, -0.2) is 31.2 Å². The molecule has 4 rings (SSSR count). The van der Waals surface area contributed by atoms with Crippen molar-refractivity contribution in [3.8, 4) is 11.5 Å². The predicted molar refractivity (Wildman–Crippen MR) is 123 cm³/mol. The van der Waals surface area contributed by atoms with Gasteiger partial charge in [-0.15, -0.1) is 0 Å². The number of aromatic nitrogens is 2. The standard InChI is InChI=1S/C23H21N3O2S2/c1-24-21-14-25-22-19(29-17-8-4-15(27-2)5-9-17)12-13-20(23(22)26-21)30-18-10-6-16(28-3)7-11-18/h4-14H,1-3H3,(H,24,26). The average molecular weight is 436 g/mol. The molecule has 0 aliphatic heterocycles. The van der Waals surface area contributed by atoms with Gasteiger partial charge in [-0.05, 0) is 60.7 Å². The molecule has 0 fully saturated rings. The van der Waals surface area contributed by atoms with Gasteiger partial charge in [-0.1, -0.05) is 23.5 Å². The summed E-state index contributed by atoms with van der Waals surface area (Å²) in [5, 5.41) is 3.09. The van der Waals surface area contributed by atoms with Crippen molar-refractivity contribution in [1.82, 2.24) is 9.97 Å². The highest BCUT2D eigenvalue weighted by molar-refractivity contribution is 8.00. The predicted octanol–water partition coefficient (Wildman–Crippen LogP) is 5.99. The Labute approximate surface area is 184 Å². The quantitative estimate of drug-likeness (QED) is 0.382. The second-order valence-electron chi connectivity index (χ2n) is 6.32. The van der Waals surface area contributed by atoms with Crippen molar-refractivity contribution >= 4 is 40.4 Å². The lowest BCUT2D eigenvalue weighted by Gasteiger charge is -2.11. The first-order chi connectivity index (χ1) is 14.7. The maximum atomic E-state index is 5.26. The van der Waals surface area contributed by atoms with Crippen molar-refractivity contribution in [3.05, 3.63) is 66.9 Å². The first-order valence-electron chi connectivity index (χ1n) is 9.31. The topological polar surface area (TPSA) is 56.3 Å². The van der Waals surface area contributed by atoms with Gasteiger partial charge >= 0.3 is 0 Å². The molecule has 0 spiro atoms. The summed E-state index contributed by atoms with van der Waals surface area (Å²) in [6, 6.07) is 20.2. The van der Waals surface area contributed by atoms with E-state index in [0.29, 0.717) is 0 Å². The smallest absolute Gasteiger partial charge is 0.145 e. The largest absolute Gasteiger partial charge is 0.497 e. The molecule has 0 atom stereocenters. The van der Waals surface area contributed by atoms with Crippen molar-refractivity contribution in [2.75, 3.05) is 26.6 Å². The molecule has 7 heteroatoms. The van der Waals surface area contributed by atoms with Gasteiger partial charge < -0.3 is 14.8 Å². The van der Waals surface area contributed by atoms with Crippen LogP contribution in [0, 0.1) is 0 Å².